The van der Waals surface area contributed by atoms with Crippen molar-refractivity contribution in [3.63, 3.8) is 0 Å². The van der Waals surface area contributed by atoms with Gasteiger partial charge in [-0.15, -0.1) is 0 Å². The highest BCUT2D eigenvalue weighted by atomic mass is 16.5. The lowest BCUT2D eigenvalue weighted by atomic mass is 10.2. The third-order valence-corrected chi connectivity index (χ3v) is 2.42. The summed E-state index contributed by atoms with van der Waals surface area (Å²) in [6.07, 6.45) is 3.11. The number of hydrogen-bond acceptors (Lipinski definition) is 6. The minimum atomic E-state index is 0.326. The second kappa shape index (κ2) is 4.32. The maximum absolute atomic E-state index is 5.85. The first-order valence-electron chi connectivity index (χ1n) is 5.09. The van der Waals surface area contributed by atoms with E-state index in [2.05, 4.69) is 19.9 Å². The first-order chi connectivity index (χ1) is 8.13. The third kappa shape index (κ3) is 2.01. The molecule has 0 unspecified atom stereocenters. The quantitative estimate of drug-likeness (QED) is 0.834. The van der Waals surface area contributed by atoms with Gasteiger partial charge >= 0.3 is 0 Å². The number of nitrogens with zero attached hydrogens (tertiary/aromatic N) is 4. The van der Waals surface area contributed by atoms with Crippen LogP contribution in [0.4, 0.5) is 5.82 Å². The van der Waals surface area contributed by atoms with E-state index in [4.69, 9.17) is 10.5 Å². The Hall–Kier alpha value is -2.24. The maximum atomic E-state index is 5.85. The Morgan fingerprint density at radius 3 is 2.35 bits per heavy atom. The summed E-state index contributed by atoms with van der Waals surface area (Å²) in [4.78, 5) is 16.8. The van der Waals surface area contributed by atoms with Gasteiger partial charge in [0.15, 0.2) is 11.5 Å². The molecule has 6 nitrogen and oxygen atoms in total. The molecule has 17 heavy (non-hydrogen) atoms. The molecule has 0 atom stereocenters. The van der Waals surface area contributed by atoms with Gasteiger partial charge in [0, 0.05) is 12.4 Å². The van der Waals surface area contributed by atoms with E-state index in [1.54, 1.807) is 12.4 Å². The number of aryl methyl sites for hydroxylation is 2. The minimum absolute atomic E-state index is 0.326. The summed E-state index contributed by atoms with van der Waals surface area (Å²) in [5.41, 5.74) is 8.46. The van der Waals surface area contributed by atoms with E-state index >= 15 is 0 Å². The molecule has 0 amide bonds. The molecular weight excluding hydrogens is 218 g/mol. The molecule has 0 saturated heterocycles. The lowest BCUT2D eigenvalue weighted by Crippen LogP contribution is -2.04. The molecule has 0 fully saturated rings. The first kappa shape index (κ1) is 11.3. The fraction of sp³-hybridized carbons (Fsp3) is 0.273. The number of rotatable bonds is 2. The molecule has 0 aliphatic carbocycles. The van der Waals surface area contributed by atoms with Crippen molar-refractivity contribution in [2.75, 3.05) is 12.8 Å². The lowest BCUT2D eigenvalue weighted by Gasteiger charge is -2.09. The van der Waals surface area contributed by atoms with Crippen molar-refractivity contribution in [3.8, 4) is 17.3 Å². The molecule has 0 aliphatic rings. The highest BCUT2D eigenvalue weighted by Gasteiger charge is 2.15. The molecular formula is C11H13N5O. The molecule has 0 bridgehead atoms. The van der Waals surface area contributed by atoms with Crippen LogP contribution in [-0.4, -0.2) is 27.0 Å². The van der Waals surface area contributed by atoms with E-state index in [9.17, 15) is 0 Å². The summed E-state index contributed by atoms with van der Waals surface area (Å²) in [5, 5.41) is 0. The monoisotopic (exact) mass is 231 g/mol. The highest BCUT2D eigenvalue weighted by molar-refractivity contribution is 5.70. The minimum Gasteiger partial charge on any atom is -0.479 e. The van der Waals surface area contributed by atoms with Crippen molar-refractivity contribution in [2.24, 2.45) is 0 Å². The van der Waals surface area contributed by atoms with Crippen LogP contribution in [0.5, 0.6) is 5.88 Å². The average Bonchev–Trinajstić information content (AvgIpc) is 2.34. The SMILES string of the molecule is COc1nccnc1-c1nc(C)c(C)nc1N. The van der Waals surface area contributed by atoms with E-state index in [0.29, 0.717) is 23.1 Å². The molecule has 0 aromatic carbocycles. The van der Waals surface area contributed by atoms with Crippen LogP contribution in [0.3, 0.4) is 0 Å². The zero-order valence-electron chi connectivity index (χ0n) is 9.93. The summed E-state index contributed by atoms with van der Waals surface area (Å²) in [5.74, 6) is 0.712. The van der Waals surface area contributed by atoms with Gasteiger partial charge < -0.3 is 10.5 Å². The van der Waals surface area contributed by atoms with E-state index in [1.165, 1.54) is 7.11 Å². The fourth-order valence-corrected chi connectivity index (χ4v) is 1.43. The smallest absolute Gasteiger partial charge is 0.242 e. The second-order valence-corrected chi connectivity index (χ2v) is 3.54. The van der Waals surface area contributed by atoms with Gasteiger partial charge in [-0.3, -0.25) is 0 Å². The van der Waals surface area contributed by atoms with Crippen molar-refractivity contribution < 1.29 is 4.74 Å². The van der Waals surface area contributed by atoms with Gasteiger partial charge in [-0.25, -0.2) is 19.9 Å². The molecule has 2 N–H and O–H groups in total. The fourth-order valence-electron chi connectivity index (χ4n) is 1.43. The summed E-state index contributed by atoms with van der Waals surface area (Å²) in [6.45, 7) is 3.73. The number of nitrogen functional groups attached to an aromatic ring is 1. The highest BCUT2D eigenvalue weighted by Crippen LogP contribution is 2.27. The van der Waals surface area contributed by atoms with Crippen LogP contribution in [0.25, 0.3) is 11.4 Å². The van der Waals surface area contributed by atoms with Crippen molar-refractivity contribution in [3.05, 3.63) is 23.8 Å². The predicted molar refractivity (Wildman–Crippen MR) is 63.5 cm³/mol. The van der Waals surface area contributed by atoms with E-state index in [0.717, 1.165) is 11.4 Å². The summed E-state index contributed by atoms with van der Waals surface area (Å²) >= 11 is 0. The Labute approximate surface area is 98.9 Å². The molecule has 0 saturated carbocycles. The Morgan fingerprint density at radius 2 is 1.65 bits per heavy atom. The Bertz CT molecular complexity index is 556. The van der Waals surface area contributed by atoms with Crippen LogP contribution in [0.1, 0.15) is 11.4 Å². The average molecular weight is 231 g/mol. The van der Waals surface area contributed by atoms with Crippen molar-refractivity contribution in [1.29, 1.82) is 0 Å². The molecule has 2 aromatic rings. The van der Waals surface area contributed by atoms with Crippen LogP contribution in [0.2, 0.25) is 0 Å². The Kier molecular flexibility index (Phi) is 2.86. The molecule has 2 heterocycles. The van der Waals surface area contributed by atoms with Gasteiger partial charge in [-0.05, 0) is 13.8 Å². The molecule has 6 heteroatoms. The molecule has 0 spiro atoms. The first-order valence-corrected chi connectivity index (χ1v) is 5.09. The predicted octanol–water partition coefficient (Wildman–Crippen LogP) is 1.14. The summed E-state index contributed by atoms with van der Waals surface area (Å²) < 4.78 is 5.13. The van der Waals surface area contributed by atoms with E-state index in [1.807, 2.05) is 13.8 Å². The zero-order valence-corrected chi connectivity index (χ0v) is 9.93. The van der Waals surface area contributed by atoms with Crippen LogP contribution < -0.4 is 10.5 Å². The van der Waals surface area contributed by atoms with Crippen LogP contribution in [0.15, 0.2) is 12.4 Å². The zero-order chi connectivity index (χ0) is 12.4. The van der Waals surface area contributed by atoms with E-state index < -0.39 is 0 Å². The van der Waals surface area contributed by atoms with Gasteiger partial charge in [0.05, 0.1) is 18.5 Å². The summed E-state index contributed by atoms with van der Waals surface area (Å²) in [6, 6.07) is 0. The number of ether oxygens (including phenoxy) is 1. The van der Waals surface area contributed by atoms with Gasteiger partial charge in [0.25, 0.3) is 0 Å². The standard InChI is InChI=1S/C11H13N5O/c1-6-7(2)16-10(12)8(15-6)9-11(17-3)14-5-4-13-9/h4-5H,1-3H3,(H2,12,16). The number of anilines is 1. The Morgan fingerprint density at radius 1 is 1.00 bits per heavy atom. The third-order valence-electron chi connectivity index (χ3n) is 2.42. The normalized spacial score (nSPS) is 10.3. The molecule has 2 rings (SSSR count). The van der Waals surface area contributed by atoms with Crippen molar-refractivity contribution in [2.45, 2.75) is 13.8 Å². The van der Waals surface area contributed by atoms with Gasteiger partial charge in [-0.1, -0.05) is 0 Å². The number of aromatic nitrogens is 4. The largest absolute Gasteiger partial charge is 0.479 e. The molecule has 0 aliphatic heterocycles. The number of nitrogens with two attached hydrogens (primary N) is 1. The maximum Gasteiger partial charge on any atom is 0.242 e. The van der Waals surface area contributed by atoms with Gasteiger partial charge in [-0.2, -0.15) is 0 Å². The van der Waals surface area contributed by atoms with Gasteiger partial charge in [0.1, 0.15) is 5.69 Å². The molecule has 88 valence electrons. The molecule has 2 aromatic heterocycles. The van der Waals surface area contributed by atoms with Crippen LogP contribution in [-0.2, 0) is 0 Å². The second-order valence-electron chi connectivity index (χ2n) is 3.54. The summed E-state index contributed by atoms with van der Waals surface area (Å²) in [7, 11) is 1.53. The number of hydrogen-bond donors (Lipinski definition) is 1. The molecule has 0 radical (unpaired) electrons. The van der Waals surface area contributed by atoms with Gasteiger partial charge in [0.2, 0.25) is 5.88 Å². The number of methoxy groups -OCH3 is 1. The Balaban J connectivity index is 2.64. The lowest BCUT2D eigenvalue weighted by molar-refractivity contribution is 0.397. The van der Waals surface area contributed by atoms with Crippen LogP contribution >= 0.6 is 0 Å². The topological polar surface area (TPSA) is 86.8 Å². The van der Waals surface area contributed by atoms with Crippen molar-refractivity contribution >= 4 is 5.82 Å². The van der Waals surface area contributed by atoms with Crippen molar-refractivity contribution in [1.82, 2.24) is 19.9 Å². The van der Waals surface area contributed by atoms with E-state index in [-0.39, 0.29) is 0 Å². The van der Waals surface area contributed by atoms with Crippen LogP contribution in [0, 0.1) is 13.8 Å².